The number of halogens is 4. The molecule has 0 aliphatic carbocycles. The molecule has 10 heteroatoms. The molecule has 1 N–H and O–H groups in total. The highest BCUT2D eigenvalue weighted by Gasteiger charge is 2.13. The summed E-state index contributed by atoms with van der Waals surface area (Å²) in [6.45, 7) is 0.877. The molecule has 0 spiro atoms. The summed E-state index contributed by atoms with van der Waals surface area (Å²) in [5.41, 5.74) is 2.25. The van der Waals surface area contributed by atoms with Gasteiger partial charge in [-0.3, -0.25) is 4.79 Å². The van der Waals surface area contributed by atoms with Crippen LogP contribution in [-0.2, 0) is 6.73 Å². The first-order chi connectivity index (χ1) is 14.2. The van der Waals surface area contributed by atoms with E-state index in [0.29, 0.717) is 16.5 Å². The van der Waals surface area contributed by atoms with Crippen molar-refractivity contribution in [2.45, 2.75) is 27.2 Å². The molecule has 3 rings (SSSR count). The first-order valence-electron chi connectivity index (χ1n) is 8.71. The number of alkyl halides is 2. The van der Waals surface area contributed by atoms with E-state index in [2.05, 4.69) is 15.2 Å². The summed E-state index contributed by atoms with van der Waals surface area (Å²) in [6, 6.07) is 9.10. The van der Waals surface area contributed by atoms with Gasteiger partial charge in [-0.1, -0.05) is 23.2 Å². The highest BCUT2D eigenvalue weighted by atomic mass is 35.5. The van der Waals surface area contributed by atoms with Crippen molar-refractivity contribution in [1.29, 1.82) is 0 Å². The molecule has 3 aromatic rings. The van der Waals surface area contributed by atoms with Gasteiger partial charge < -0.3 is 14.8 Å². The fourth-order valence-corrected chi connectivity index (χ4v) is 2.98. The fraction of sp³-hybridized carbons (Fsp3) is 0.200. The van der Waals surface area contributed by atoms with Gasteiger partial charge in [0, 0.05) is 16.9 Å². The van der Waals surface area contributed by atoms with E-state index in [9.17, 15) is 13.6 Å². The number of nitrogens with one attached hydrogen (secondary N) is 1. The topological polar surface area (TPSA) is 65.4 Å². The molecular formula is C20H17Cl2F2N3O3. The van der Waals surface area contributed by atoms with E-state index < -0.39 is 12.5 Å². The molecule has 0 bridgehead atoms. The summed E-state index contributed by atoms with van der Waals surface area (Å²) >= 11 is 12.0. The molecule has 0 atom stereocenters. The quantitative estimate of drug-likeness (QED) is 0.496. The molecule has 0 unspecified atom stereocenters. The fourth-order valence-electron chi connectivity index (χ4n) is 2.65. The van der Waals surface area contributed by atoms with Gasteiger partial charge in [-0.25, -0.2) is 4.68 Å². The van der Waals surface area contributed by atoms with Crippen LogP contribution in [0.1, 0.15) is 21.6 Å². The van der Waals surface area contributed by atoms with E-state index in [-0.39, 0.29) is 23.2 Å². The van der Waals surface area contributed by atoms with Crippen LogP contribution in [0.5, 0.6) is 11.5 Å². The van der Waals surface area contributed by atoms with E-state index in [4.69, 9.17) is 27.9 Å². The number of rotatable bonds is 7. The van der Waals surface area contributed by atoms with E-state index in [1.54, 1.807) is 6.20 Å². The van der Waals surface area contributed by atoms with Crippen molar-refractivity contribution in [2.75, 3.05) is 5.32 Å². The molecule has 1 heterocycles. The molecule has 0 aliphatic rings. The zero-order valence-electron chi connectivity index (χ0n) is 16.0. The number of nitrogens with zero attached hydrogens (tertiary/aromatic N) is 2. The van der Waals surface area contributed by atoms with E-state index in [1.165, 1.54) is 28.9 Å². The molecule has 1 amide bonds. The molecule has 30 heavy (non-hydrogen) atoms. The zero-order chi connectivity index (χ0) is 21.8. The average Bonchev–Trinajstić information content (AvgIpc) is 3.15. The monoisotopic (exact) mass is 455 g/mol. The van der Waals surface area contributed by atoms with Crippen LogP contribution in [0.15, 0.2) is 42.6 Å². The lowest BCUT2D eigenvalue weighted by Crippen LogP contribution is -2.14. The first-order valence-corrected chi connectivity index (χ1v) is 9.47. The number of hydrogen-bond donors (Lipinski definition) is 1. The lowest BCUT2D eigenvalue weighted by molar-refractivity contribution is -0.0497. The average molecular weight is 456 g/mol. The first kappa shape index (κ1) is 21.9. The molecule has 0 saturated heterocycles. The third kappa shape index (κ3) is 5.40. The van der Waals surface area contributed by atoms with Crippen molar-refractivity contribution in [2.24, 2.45) is 0 Å². The van der Waals surface area contributed by atoms with Gasteiger partial charge in [-0.05, 0) is 61.4 Å². The van der Waals surface area contributed by atoms with Gasteiger partial charge in [0.15, 0.2) is 12.4 Å². The van der Waals surface area contributed by atoms with Gasteiger partial charge in [0.05, 0.1) is 5.02 Å². The van der Waals surface area contributed by atoms with Gasteiger partial charge in [0.2, 0.25) is 0 Å². The number of amides is 1. The van der Waals surface area contributed by atoms with Gasteiger partial charge in [-0.2, -0.15) is 13.9 Å². The van der Waals surface area contributed by atoms with Gasteiger partial charge >= 0.3 is 6.61 Å². The van der Waals surface area contributed by atoms with E-state index >= 15 is 0 Å². The van der Waals surface area contributed by atoms with Crippen LogP contribution < -0.4 is 14.8 Å². The highest BCUT2D eigenvalue weighted by molar-refractivity contribution is 6.32. The Hall–Kier alpha value is -2.84. The molecule has 0 radical (unpaired) electrons. The zero-order valence-corrected chi connectivity index (χ0v) is 17.5. The maximum Gasteiger partial charge on any atom is 0.387 e. The third-order valence-electron chi connectivity index (χ3n) is 4.05. The number of aromatic nitrogens is 2. The second-order valence-electron chi connectivity index (χ2n) is 6.36. The summed E-state index contributed by atoms with van der Waals surface area (Å²) < 4.78 is 36.0. The number of hydrogen-bond acceptors (Lipinski definition) is 4. The predicted molar refractivity (Wildman–Crippen MR) is 110 cm³/mol. The second-order valence-corrected chi connectivity index (χ2v) is 7.15. The molecule has 2 aromatic carbocycles. The molecule has 6 nitrogen and oxygen atoms in total. The van der Waals surface area contributed by atoms with Crippen molar-refractivity contribution < 1.29 is 23.0 Å². The van der Waals surface area contributed by atoms with Crippen molar-refractivity contribution >= 4 is 34.8 Å². The number of carbonyl (C=O) groups is 1. The minimum absolute atomic E-state index is 0.0550. The Kier molecular flexibility index (Phi) is 6.79. The number of benzene rings is 2. The smallest absolute Gasteiger partial charge is 0.387 e. The summed E-state index contributed by atoms with van der Waals surface area (Å²) in [7, 11) is 0. The summed E-state index contributed by atoms with van der Waals surface area (Å²) in [5, 5.41) is 7.38. The van der Waals surface area contributed by atoms with Crippen LogP contribution in [-0.4, -0.2) is 22.3 Å². The van der Waals surface area contributed by atoms with E-state index in [1.807, 2.05) is 26.0 Å². The molecule has 158 valence electrons. The lowest BCUT2D eigenvalue weighted by atomic mass is 10.1. The van der Waals surface area contributed by atoms with Crippen molar-refractivity contribution in [1.82, 2.24) is 9.78 Å². The van der Waals surface area contributed by atoms with Gasteiger partial charge in [-0.15, -0.1) is 0 Å². The largest absolute Gasteiger partial charge is 0.471 e. The number of aryl methyl sites for hydroxylation is 2. The maximum absolute atomic E-state index is 12.4. The van der Waals surface area contributed by atoms with Crippen LogP contribution in [0, 0.1) is 13.8 Å². The SMILES string of the molecule is Cc1cc(OCn2ccc(C(=O)Nc3ccc(OC(F)F)c(Cl)c3)n2)cc(C)c1Cl. The number of anilines is 1. The van der Waals surface area contributed by atoms with Crippen molar-refractivity contribution in [3.05, 3.63) is 69.5 Å². The van der Waals surface area contributed by atoms with Crippen LogP contribution >= 0.6 is 23.2 Å². The molecule has 1 aromatic heterocycles. The molecule has 0 aliphatic heterocycles. The third-order valence-corrected chi connectivity index (χ3v) is 4.94. The van der Waals surface area contributed by atoms with Gasteiger partial charge in [0.1, 0.15) is 11.5 Å². The van der Waals surface area contributed by atoms with Crippen LogP contribution in [0.4, 0.5) is 14.5 Å². The van der Waals surface area contributed by atoms with Crippen LogP contribution in [0.2, 0.25) is 10.0 Å². The highest BCUT2D eigenvalue weighted by Crippen LogP contribution is 2.29. The molecule has 0 saturated carbocycles. The summed E-state index contributed by atoms with van der Waals surface area (Å²) in [4.78, 5) is 12.4. The van der Waals surface area contributed by atoms with Crippen LogP contribution in [0.3, 0.4) is 0 Å². The Morgan fingerprint density at radius 1 is 1.17 bits per heavy atom. The summed E-state index contributed by atoms with van der Waals surface area (Å²) in [6.07, 6.45) is 1.59. The van der Waals surface area contributed by atoms with Crippen molar-refractivity contribution in [3.63, 3.8) is 0 Å². The van der Waals surface area contributed by atoms with Crippen molar-refractivity contribution in [3.8, 4) is 11.5 Å². The minimum atomic E-state index is -2.99. The van der Waals surface area contributed by atoms with Gasteiger partial charge in [0.25, 0.3) is 5.91 Å². The number of carbonyl (C=O) groups excluding carboxylic acids is 1. The second kappa shape index (κ2) is 9.32. The minimum Gasteiger partial charge on any atom is -0.471 e. The Morgan fingerprint density at radius 3 is 2.50 bits per heavy atom. The van der Waals surface area contributed by atoms with E-state index in [0.717, 1.165) is 11.1 Å². The predicted octanol–water partition coefficient (Wildman–Crippen LogP) is 5.70. The molecule has 0 fully saturated rings. The standard InChI is InChI=1S/C20H17Cl2F2N3O3/c1-11-7-14(8-12(2)18(11)22)29-10-27-6-5-16(26-27)19(28)25-13-3-4-17(15(21)9-13)30-20(23)24/h3-9,20H,10H2,1-2H3,(H,25,28). The Balaban J connectivity index is 1.62. The van der Waals surface area contributed by atoms with Crippen LogP contribution in [0.25, 0.3) is 0 Å². The maximum atomic E-state index is 12.4. The molecular weight excluding hydrogens is 439 g/mol. The Morgan fingerprint density at radius 2 is 1.87 bits per heavy atom. The Labute approximate surface area is 181 Å². The Bertz CT molecular complexity index is 1050. The normalized spacial score (nSPS) is 10.9. The number of ether oxygens (including phenoxy) is 2. The summed E-state index contributed by atoms with van der Waals surface area (Å²) in [5.74, 6) is -0.0408. The lowest BCUT2D eigenvalue weighted by Gasteiger charge is -2.10.